The molecule has 2 aromatic rings. The number of amides is 4. The molecular weight excluding hydrogens is 414 g/mol. The summed E-state index contributed by atoms with van der Waals surface area (Å²) in [5.41, 5.74) is 7.02. The minimum atomic E-state index is -0.959. The SMILES string of the molecule is NCc1nc(C2CCN(c3ccc4c(c3)C(=O)N(C3CCC(=O)NC3=O)C4=O)CC2)n[nH]1. The zero-order valence-electron chi connectivity index (χ0n) is 17.3. The van der Waals surface area contributed by atoms with Gasteiger partial charge in [0.25, 0.3) is 11.8 Å². The van der Waals surface area contributed by atoms with E-state index in [9.17, 15) is 19.2 Å². The highest BCUT2D eigenvalue weighted by atomic mass is 16.2. The Morgan fingerprint density at radius 1 is 1.03 bits per heavy atom. The van der Waals surface area contributed by atoms with Gasteiger partial charge in [0.15, 0.2) is 5.82 Å². The molecule has 5 rings (SSSR count). The predicted molar refractivity (Wildman–Crippen MR) is 112 cm³/mol. The summed E-state index contributed by atoms with van der Waals surface area (Å²) in [5, 5.41) is 9.32. The Kier molecular flexibility index (Phi) is 4.97. The first-order valence-corrected chi connectivity index (χ1v) is 10.7. The van der Waals surface area contributed by atoms with Crippen LogP contribution in [0.3, 0.4) is 0 Å². The van der Waals surface area contributed by atoms with E-state index < -0.39 is 29.7 Å². The summed E-state index contributed by atoms with van der Waals surface area (Å²) < 4.78 is 0. The number of benzene rings is 1. The lowest BCUT2D eigenvalue weighted by Gasteiger charge is -2.32. The van der Waals surface area contributed by atoms with Crippen LogP contribution in [0.2, 0.25) is 0 Å². The third-order valence-electron chi connectivity index (χ3n) is 6.39. The first kappa shape index (κ1) is 20.3. The van der Waals surface area contributed by atoms with Gasteiger partial charge in [0.1, 0.15) is 11.9 Å². The first-order chi connectivity index (χ1) is 15.5. The number of aromatic amines is 1. The molecule has 1 aromatic heterocycles. The second kappa shape index (κ2) is 7.83. The van der Waals surface area contributed by atoms with Gasteiger partial charge in [0, 0.05) is 31.1 Å². The molecule has 1 aromatic carbocycles. The number of hydrogen-bond donors (Lipinski definition) is 3. The van der Waals surface area contributed by atoms with E-state index in [1.165, 1.54) is 0 Å². The van der Waals surface area contributed by atoms with Gasteiger partial charge in [0.05, 0.1) is 17.7 Å². The summed E-state index contributed by atoms with van der Waals surface area (Å²) >= 11 is 0. The van der Waals surface area contributed by atoms with E-state index in [2.05, 4.69) is 25.4 Å². The highest BCUT2D eigenvalue weighted by Crippen LogP contribution is 2.33. The average molecular weight is 437 g/mol. The number of rotatable bonds is 4. The Bertz CT molecular complexity index is 1120. The standard InChI is InChI=1S/C21H23N7O4/c22-10-16-23-18(26-25-16)11-5-7-27(8-6-11)12-1-2-13-14(9-12)21(32)28(20(13)31)15-3-4-17(29)24-19(15)30/h1-2,9,11,15H,3-8,10,22H2,(H,23,25,26)(H,24,29,30). The third-order valence-corrected chi connectivity index (χ3v) is 6.39. The van der Waals surface area contributed by atoms with Crippen LogP contribution in [-0.4, -0.2) is 62.8 Å². The van der Waals surface area contributed by atoms with Gasteiger partial charge in [-0.3, -0.25) is 34.5 Å². The molecule has 4 N–H and O–H groups in total. The number of nitrogens with one attached hydrogen (secondary N) is 2. The van der Waals surface area contributed by atoms with E-state index in [0.717, 1.165) is 42.3 Å². The van der Waals surface area contributed by atoms with Crippen LogP contribution in [0.1, 0.15) is 64.0 Å². The van der Waals surface area contributed by atoms with Crippen LogP contribution >= 0.6 is 0 Å². The van der Waals surface area contributed by atoms with Gasteiger partial charge in [-0.15, -0.1) is 0 Å². The molecule has 2 saturated heterocycles. The van der Waals surface area contributed by atoms with Crippen molar-refractivity contribution in [1.82, 2.24) is 25.4 Å². The van der Waals surface area contributed by atoms with Gasteiger partial charge in [-0.05, 0) is 37.5 Å². The number of carbonyl (C=O) groups is 4. The lowest BCUT2D eigenvalue weighted by Crippen LogP contribution is -2.54. The fourth-order valence-electron chi connectivity index (χ4n) is 4.64. The van der Waals surface area contributed by atoms with Crippen molar-refractivity contribution in [2.45, 2.75) is 44.2 Å². The second-order valence-corrected chi connectivity index (χ2v) is 8.28. The van der Waals surface area contributed by atoms with Gasteiger partial charge in [0.2, 0.25) is 11.8 Å². The topological polar surface area (TPSA) is 154 Å². The smallest absolute Gasteiger partial charge is 0.262 e. The average Bonchev–Trinajstić information content (AvgIpc) is 3.38. The summed E-state index contributed by atoms with van der Waals surface area (Å²) in [5.74, 6) is -0.301. The molecule has 4 heterocycles. The monoisotopic (exact) mass is 437 g/mol. The molecule has 0 spiro atoms. The van der Waals surface area contributed by atoms with Crippen LogP contribution in [0.5, 0.6) is 0 Å². The van der Waals surface area contributed by atoms with Gasteiger partial charge >= 0.3 is 0 Å². The third kappa shape index (κ3) is 3.34. The number of hydrogen-bond acceptors (Lipinski definition) is 8. The quantitative estimate of drug-likeness (QED) is 0.567. The Morgan fingerprint density at radius 2 is 1.78 bits per heavy atom. The Balaban J connectivity index is 1.31. The van der Waals surface area contributed by atoms with Crippen LogP contribution in [0, 0.1) is 0 Å². The van der Waals surface area contributed by atoms with Crippen LogP contribution in [0.4, 0.5) is 5.69 Å². The Labute approximate surface area is 183 Å². The van der Waals surface area contributed by atoms with Crippen LogP contribution in [0.15, 0.2) is 18.2 Å². The van der Waals surface area contributed by atoms with Crippen LogP contribution in [0.25, 0.3) is 0 Å². The molecule has 4 amide bonds. The molecule has 3 aliphatic rings. The van der Waals surface area contributed by atoms with Crippen molar-refractivity contribution in [3.05, 3.63) is 41.0 Å². The zero-order chi connectivity index (χ0) is 22.4. The zero-order valence-corrected chi connectivity index (χ0v) is 17.3. The van der Waals surface area contributed by atoms with E-state index in [0.29, 0.717) is 17.9 Å². The number of H-pyrrole nitrogens is 1. The van der Waals surface area contributed by atoms with Gasteiger partial charge in [-0.25, -0.2) is 4.98 Å². The van der Waals surface area contributed by atoms with Gasteiger partial charge in [-0.1, -0.05) is 0 Å². The molecule has 11 nitrogen and oxygen atoms in total. The Morgan fingerprint density at radius 3 is 2.47 bits per heavy atom. The highest BCUT2D eigenvalue weighted by Gasteiger charge is 2.44. The fourth-order valence-corrected chi connectivity index (χ4v) is 4.64. The van der Waals surface area contributed by atoms with E-state index in [1.807, 2.05) is 6.07 Å². The molecule has 1 atom stereocenters. The fraction of sp³-hybridized carbons (Fsp3) is 0.429. The number of nitrogens with zero attached hydrogens (tertiary/aromatic N) is 4. The number of anilines is 1. The molecule has 0 saturated carbocycles. The predicted octanol–water partition coefficient (Wildman–Crippen LogP) is 0.0486. The van der Waals surface area contributed by atoms with E-state index >= 15 is 0 Å². The number of fused-ring (bicyclic) bond motifs is 1. The molecule has 0 radical (unpaired) electrons. The number of nitrogens with two attached hydrogens (primary N) is 1. The molecule has 0 aliphatic carbocycles. The lowest BCUT2D eigenvalue weighted by atomic mass is 9.95. The summed E-state index contributed by atoms with van der Waals surface area (Å²) in [6, 6.07) is 4.24. The van der Waals surface area contributed by atoms with Crippen molar-refractivity contribution in [3.63, 3.8) is 0 Å². The molecule has 166 valence electrons. The number of carbonyl (C=O) groups excluding carboxylic acids is 4. The molecule has 1 unspecified atom stereocenters. The molecule has 32 heavy (non-hydrogen) atoms. The summed E-state index contributed by atoms with van der Waals surface area (Å²) in [4.78, 5) is 57.1. The largest absolute Gasteiger partial charge is 0.371 e. The minimum Gasteiger partial charge on any atom is -0.371 e. The summed E-state index contributed by atoms with van der Waals surface area (Å²) in [6.07, 6.45) is 1.95. The summed E-state index contributed by atoms with van der Waals surface area (Å²) in [6.45, 7) is 1.84. The highest BCUT2D eigenvalue weighted by molar-refractivity contribution is 6.23. The van der Waals surface area contributed by atoms with E-state index in [4.69, 9.17) is 5.73 Å². The first-order valence-electron chi connectivity index (χ1n) is 10.7. The van der Waals surface area contributed by atoms with Crippen molar-refractivity contribution in [3.8, 4) is 0 Å². The van der Waals surface area contributed by atoms with Crippen molar-refractivity contribution >= 4 is 29.3 Å². The minimum absolute atomic E-state index is 0.0988. The molecule has 2 fully saturated rings. The van der Waals surface area contributed by atoms with Crippen molar-refractivity contribution in [2.24, 2.45) is 5.73 Å². The van der Waals surface area contributed by atoms with Gasteiger partial charge in [-0.2, -0.15) is 5.10 Å². The Hall–Kier alpha value is -3.60. The van der Waals surface area contributed by atoms with Crippen molar-refractivity contribution in [1.29, 1.82) is 0 Å². The molecule has 0 bridgehead atoms. The number of piperidine rings is 2. The number of imide groups is 2. The molecule has 11 heteroatoms. The normalized spacial score (nSPS) is 21.8. The van der Waals surface area contributed by atoms with Crippen LogP contribution in [-0.2, 0) is 16.1 Å². The molecule has 3 aliphatic heterocycles. The maximum absolute atomic E-state index is 13.0. The van der Waals surface area contributed by atoms with Crippen molar-refractivity contribution in [2.75, 3.05) is 18.0 Å². The molecular formula is C21H23N7O4. The van der Waals surface area contributed by atoms with E-state index in [-0.39, 0.29) is 24.3 Å². The second-order valence-electron chi connectivity index (χ2n) is 8.28. The van der Waals surface area contributed by atoms with Gasteiger partial charge < -0.3 is 10.6 Å². The summed E-state index contributed by atoms with van der Waals surface area (Å²) in [7, 11) is 0. The van der Waals surface area contributed by atoms with Crippen LogP contribution < -0.4 is 16.0 Å². The maximum atomic E-state index is 13.0. The number of aromatic nitrogens is 3. The van der Waals surface area contributed by atoms with E-state index in [1.54, 1.807) is 12.1 Å². The lowest BCUT2D eigenvalue weighted by molar-refractivity contribution is -0.136. The maximum Gasteiger partial charge on any atom is 0.262 e. The van der Waals surface area contributed by atoms with Crippen molar-refractivity contribution < 1.29 is 19.2 Å².